The van der Waals surface area contributed by atoms with Crippen LogP contribution in [0.3, 0.4) is 0 Å². The average Bonchev–Trinajstić information content (AvgIpc) is 2.94. The number of rotatable bonds is 2. The lowest BCUT2D eigenvalue weighted by Gasteiger charge is -2.25. The molecule has 0 aromatic carbocycles. The van der Waals surface area contributed by atoms with E-state index in [0.717, 1.165) is 13.0 Å². The van der Waals surface area contributed by atoms with E-state index < -0.39 is 0 Å². The van der Waals surface area contributed by atoms with Gasteiger partial charge in [-0.25, -0.2) is 0 Å². The van der Waals surface area contributed by atoms with Gasteiger partial charge in [-0.2, -0.15) is 0 Å². The molecular formula is C14H24N4. The minimum atomic E-state index is 0.590. The molecule has 1 saturated heterocycles. The van der Waals surface area contributed by atoms with E-state index in [1.165, 1.54) is 37.5 Å². The Morgan fingerprint density at radius 1 is 1.22 bits per heavy atom. The Morgan fingerprint density at radius 3 is 2.78 bits per heavy atom. The topological polar surface area (TPSA) is 34.0 Å². The van der Waals surface area contributed by atoms with Crippen molar-refractivity contribution in [3.63, 3.8) is 0 Å². The first-order valence-corrected chi connectivity index (χ1v) is 7.34. The van der Waals surface area contributed by atoms with E-state index >= 15 is 0 Å². The lowest BCUT2D eigenvalue weighted by molar-refractivity contribution is 0.270. The van der Waals surface area contributed by atoms with Gasteiger partial charge in [0.25, 0.3) is 0 Å². The van der Waals surface area contributed by atoms with Crippen molar-refractivity contribution in [1.82, 2.24) is 19.7 Å². The Kier molecular flexibility index (Phi) is 3.14. The van der Waals surface area contributed by atoms with E-state index in [0.29, 0.717) is 18.0 Å². The van der Waals surface area contributed by atoms with Gasteiger partial charge in [0.1, 0.15) is 11.6 Å². The van der Waals surface area contributed by atoms with Gasteiger partial charge < -0.3 is 9.47 Å². The molecule has 2 atom stereocenters. The molecule has 3 heterocycles. The maximum Gasteiger partial charge on any atom is 0.137 e. The van der Waals surface area contributed by atoms with Crippen molar-refractivity contribution in [2.75, 3.05) is 13.1 Å². The Hall–Kier alpha value is -0.900. The zero-order chi connectivity index (χ0) is 12.7. The van der Waals surface area contributed by atoms with E-state index in [4.69, 9.17) is 0 Å². The molecule has 1 aromatic rings. The predicted octanol–water partition coefficient (Wildman–Crippen LogP) is 2.37. The number of aryl methyl sites for hydroxylation is 1. The summed E-state index contributed by atoms with van der Waals surface area (Å²) < 4.78 is 2.43. The smallest absolute Gasteiger partial charge is 0.137 e. The van der Waals surface area contributed by atoms with Crippen molar-refractivity contribution in [3.05, 3.63) is 11.6 Å². The van der Waals surface area contributed by atoms with Crippen molar-refractivity contribution in [1.29, 1.82) is 0 Å². The van der Waals surface area contributed by atoms with Crippen molar-refractivity contribution in [2.45, 2.75) is 64.5 Å². The second kappa shape index (κ2) is 4.65. The van der Waals surface area contributed by atoms with Gasteiger partial charge in [-0.1, -0.05) is 0 Å². The first-order valence-electron chi connectivity index (χ1n) is 7.34. The molecule has 0 spiro atoms. The van der Waals surface area contributed by atoms with Crippen LogP contribution in [0.1, 0.15) is 63.6 Å². The molecule has 1 fully saturated rings. The minimum absolute atomic E-state index is 0.590. The highest BCUT2D eigenvalue weighted by molar-refractivity contribution is 5.09. The number of likely N-dealkylation sites (tertiary alicyclic amines) is 1. The van der Waals surface area contributed by atoms with Crippen molar-refractivity contribution in [2.24, 2.45) is 0 Å². The lowest BCUT2D eigenvalue weighted by atomic mass is 10.0. The molecule has 3 rings (SSSR count). The second-order valence-electron chi connectivity index (χ2n) is 6.16. The summed E-state index contributed by atoms with van der Waals surface area (Å²) in [7, 11) is 0. The number of hydrogen-bond acceptors (Lipinski definition) is 3. The second-order valence-corrected chi connectivity index (χ2v) is 6.16. The minimum Gasteiger partial charge on any atom is -0.312 e. The first kappa shape index (κ1) is 12.2. The quantitative estimate of drug-likeness (QED) is 0.806. The molecule has 0 saturated carbocycles. The number of fused-ring (bicyclic) bond motifs is 1. The number of aromatic nitrogens is 3. The molecule has 4 nitrogen and oxygen atoms in total. The molecule has 18 heavy (non-hydrogen) atoms. The zero-order valence-corrected chi connectivity index (χ0v) is 11.8. The van der Waals surface area contributed by atoms with Gasteiger partial charge in [0.15, 0.2) is 0 Å². The fourth-order valence-electron chi connectivity index (χ4n) is 3.42. The number of nitrogens with zero attached hydrogens (tertiary/aromatic N) is 4. The molecule has 0 amide bonds. The van der Waals surface area contributed by atoms with Gasteiger partial charge in [-0.05, 0) is 46.6 Å². The summed E-state index contributed by atoms with van der Waals surface area (Å²) in [5, 5.41) is 8.93. The summed E-state index contributed by atoms with van der Waals surface area (Å²) in [4.78, 5) is 2.56. The molecular weight excluding hydrogens is 224 g/mol. The third-order valence-corrected chi connectivity index (χ3v) is 4.57. The van der Waals surface area contributed by atoms with Crippen LogP contribution >= 0.6 is 0 Å². The summed E-state index contributed by atoms with van der Waals surface area (Å²) >= 11 is 0. The van der Waals surface area contributed by atoms with Crippen LogP contribution in [0.5, 0.6) is 0 Å². The van der Waals surface area contributed by atoms with Crippen LogP contribution in [0.2, 0.25) is 0 Å². The highest BCUT2D eigenvalue weighted by Gasteiger charge is 2.32. The molecule has 100 valence electrons. The molecule has 2 aliphatic heterocycles. The van der Waals surface area contributed by atoms with Crippen LogP contribution in [0.15, 0.2) is 0 Å². The Labute approximate surface area is 109 Å². The van der Waals surface area contributed by atoms with Gasteiger partial charge >= 0.3 is 0 Å². The molecule has 0 bridgehead atoms. The Morgan fingerprint density at radius 2 is 2.06 bits per heavy atom. The average molecular weight is 248 g/mol. The monoisotopic (exact) mass is 248 g/mol. The standard InChI is InChI=1S/C14H24N4/c1-10(2)17-8-7-12(9-17)14-16-15-13-6-4-5-11(3)18(13)14/h10-12H,4-9H2,1-3H3. The maximum atomic E-state index is 4.51. The largest absolute Gasteiger partial charge is 0.312 e. The molecule has 4 heteroatoms. The van der Waals surface area contributed by atoms with Gasteiger partial charge in [-0.3, -0.25) is 0 Å². The van der Waals surface area contributed by atoms with Gasteiger partial charge in [0, 0.05) is 31.0 Å². The summed E-state index contributed by atoms with van der Waals surface area (Å²) in [5.74, 6) is 3.06. The summed E-state index contributed by atoms with van der Waals surface area (Å²) in [5.41, 5.74) is 0. The third kappa shape index (κ3) is 1.96. The molecule has 0 N–H and O–H groups in total. The third-order valence-electron chi connectivity index (χ3n) is 4.57. The SMILES string of the molecule is CC(C)N1CCC(c2nnc3n2C(C)CCC3)C1. The zero-order valence-electron chi connectivity index (χ0n) is 11.8. The van der Waals surface area contributed by atoms with Crippen molar-refractivity contribution in [3.8, 4) is 0 Å². The van der Waals surface area contributed by atoms with Crippen LogP contribution in [0, 0.1) is 0 Å². The van der Waals surface area contributed by atoms with Crippen LogP contribution in [0.4, 0.5) is 0 Å². The number of hydrogen-bond donors (Lipinski definition) is 0. The van der Waals surface area contributed by atoms with Crippen LogP contribution in [0.25, 0.3) is 0 Å². The highest BCUT2D eigenvalue weighted by atomic mass is 15.3. The van der Waals surface area contributed by atoms with Crippen LogP contribution < -0.4 is 0 Å². The van der Waals surface area contributed by atoms with Crippen LogP contribution in [-0.4, -0.2) is 38.8 Å². The van der Waals surface area contributed by atoms with E-state index in [1.807, 2.05) is 0 Å². The van der Waals surface area contributed by atoms with Crippen LogP contribution in [-0.2, 0) is 6.42 Å². The maximum absolute atomic E-state index is 4.51. The predicted molar refractivity (Wildman–Crippen MR) is 71.7 cm³/mol. The van der Waals surface area contributed by atoms with Gasteiger partial charge in [-0.15, -0.1) is 10.2 Å². The van der Waals surface area contributed by atoms with E-state index in [9.17, 15) is 0 Å². The van der Waals surface area contributed by atoms with E-state index in [-0.39, 0.29) is 0 Å². The molecule has 2 aliphatic rings. The Bertz CT molecular complexity index is 423. The fourth-order valence-corrected chi connectivity index (χ4v) is 3.42. The first-order chi connectivity index (χ1) is 8.66. The highest BCUT2D eigenvalue weighted by Crippen LogP contribution is 2.32. The molecule has 0 radical (unpaired) electrons. The normalized spacial score (nSPS) is 28.9. The summed E-state index contributed by atoms with van der Waals surface area (Å²) in [6, 6.07) is 1.24. The molecule has 1 aromatic heterocycles. The van der Waals surface area contributed by atoms with Gasteiger partial charge in [0.2, 0.25) is 0 Å². The Balaban J connectivity index is 1.84. The fraction of sp³-hybridized carbons (Fsp3) is 0.857. The summed E-state index contributed by atoms with van der Waals surface area (Å²) in [6.07, 6.45) is 4.89. The van der Waals surface area contributed by atoms with E-state index in [1.54, 1.807) is 0 Å². The lowest BCUT2D eigenvalue weighted by Crippen LogP contribution is -2.28. The van der Waals surface area contributed by atoms with E-state index in [2.05, 4.69) is 40.4 Å². The van der Waals surface area contributed by atoms with Crippen molar-refractivity contribution < 1.29 is 0 Å². The molecule has 0 aliphatic carbocycles. The van der Waals surface area contributed by atoms with Gasteiger partial charge in [0.05, 0.1) is 0 Å². The molecule has 2 unspecified atom stereocenters. The summed E-state index contributed by atoms with van der Waals surface area (Å²) in [6.45, 7) is 9.24. The van der Waals surface area contributed by atoms with Crippen molar-refractivity contribution >= 4 is 0 Å².